The number of thiophene rings is 1. The molecule has 8 nitrogen and oxygen atoms in total. The van der Waals surface area contributed by atoms with E-state index in [0.717, 1.165) is 16.2 Å². The number of esters is 1. The Balaban J connectivity index is 1.57. The molecule has 0 saturated carbocycles. The van der Waals surface area contributed by atoms with Crippen LogP contribution in [0.3, 0.4) is 0 Å². The van der Waals surface area contributed by atoms with E-state index in [2.05, 4.69) is 5.10 Å². The molecule has 3 aromatic rings. The Hall–Kier alpha value is -3.85. The smallest absolute Gasteiger partial charge is 0.342 e. The molecule has 176 valence electrons. The minimum absolute atomic E-state index is 0.249. The first-order valence-electron chi connectivity index (χ1n) is 10.5. The fraction of sp³-hybridized carbons (Fsp3) is 0.240. The normalized spacial score (nSPS) is 15.0. The Morgan fingerprint density at radius 1 is 0.971 bits per heavy atom. The van der Waals surface area contributed by atoms with E-state index in [1.54, 1.807) is 55.9 Å². The van der Waals surface area contributed by atoms with E-state index in [4.69, 9.17) is 18.9 Å². The number of amides is 1. The van der Waals surface area contributed by atoms with Crippen LogP contribution in [0, 0.1) is 0 Å². The molecule has 2 heterocycles. The third-order valence-electron chi connectivity index (χ3n) is 5.42. The summed E-state index contributed by atoms with van der Waals surface area (Å²) in [6, 6.07) is 15.7. The molecule has 0 fully saturated rings. The van der Waals surface area contributed by atoms with Crippen LogP contribution in [0.2, 0.25) is 0 Å². The van der Waals surface area contributed by atoms with Gasteiger partial charge in [0.25, 0.3) is 5.91 Å². The number of carbonyl (C=O) groups excluding carboxylic acids is 2. The van der Waals surface area contributed by atoms with Crippen LogP contribution in [0.25, 0.3) is 0 Å². The van der Waals surface area contributed by atoms with E-state index < -0.39 is 18.5 Å². The lowest BCUT2D eigenvalue weighted by Crippen LogP contribution is -2.31. The number of ether oxygens (including phenoxy) is 4. The van der Waals surface area contributed by atoms with Crippen molar-refractivity contribution in [1.82, 2.24) is 5.01 Å². The number of rotatable bonds is 8. The Kier molecular flexibility index (Phi) is 7.12. The molecule has 1 amide bonds. The lowest BCUT2D eigenvalue weighted by Gasteiger charge is -2.23. The summed E-state index contributed by atoms with van der Waals surface area (Å²) in [7, 11) is 4.59. The predicted octanol–water partition coefficient (Wildman–Crippen LogP) is 4.31. The maximum Gasteiger partial charge on any atom is 0.342 e. The predicted molar refractivity (Wildman–Crippen MR) is 128 cm³/mol. The monoisotopic (exact) mass is 480 g/mol. The molecule has 1 aromatic heterocycles. The molecule has 1 aliphatic rings. The number of methoxy groups -OCH3 is 3. The van der Waals surface area contributed by atoms with Crippen LogP contribution in [0.4, 0.5) is 0 Å². The number of para-hydroxylation sites is 1. The van der Waals surface area contributed by atoms with Gasteiger partial charge in [-0.3, -0.25) is 4.79 Å². The zero-order chi connectivity index (χ0) is 24.1. The molecule has 1 aliphatic heterocycles. The van der Waals surface area contributed by atoms with Crippen LogP contribution in [-0.2, 0) is 9.53 Å². The summed E-state index contributed by atoms with van der Waals surface area (Å²) in [5.41, 5.74) is 1.87. The van der Waals surface area contributed by atoms with Crippen LogP contribution in [0.5, 0.6) is 17.2 Å². The van der Waals surface area contributed by atoms with Gasteiger partial charge in [-0.25, -0.2) is 9.80 Å². The molecule has 4 rings (SSSR count). The Morgan fingerprint density at radius 2 is 1.74 bits per heavy atom. The van der Waals surface area contributed by atoms with Crippen LogP contribution in [-0.4, -0.2) is 50.5 Å². The fourth-order valence-electron chi connectivity index (χ4n) is 3.74. The van der Waals surface area contributed by atoms with E-state index >= 15 is 0 Å². The second-order valence-electron chi connectivity index (χ2n) is 7.37. The van der Waals surface area contributed by atoms with Crippen LogP contribution in [0.15, 0.2) is 65.1 Å². The van der Waals surface area contributed by atoms with Crippen molar-refractivity contribution in [2.24, 2.45) is 5.10 Å². The van der Waals surface area contributed by atoms with Crippen molar-refractivity contribution in [3.05, 3.63) is 76.0 Å². The van der Waals surface area contributed by atoms with Gasteiger partial charge >= 0.3 is 5.97 Å². The zero-order valence-electron chi connectivity index (χ0n) is 19.0. The van der Waals surface area contributed by atoms with E-state index in [1.807, 2.05) is 29.6 Å². The summed E-state index contributed by atoms with van der Waals surface area (Å²) in [5.74, 6) is 0.443. The second kappa shape index (κ2) is 10.4. The van der Waals surface area contributed by atoms with E-state index in [9.17, 15) is 9.59 Å². The first-order chi connectivity index (χ1) is 16.5. The van der Waals surface area contributed by atoms with Gasteiger partial charge in [0.2, 0.25) is 0 Å². The summed E-state index contributed by atoms with van der Waals surface area (Å²) >= 11 is 1.55. The molecular formula is C25H24N2O6S. The molecule has 0 N–H and O–H groups in total. The SMILES string of the molecule is COc1ccc(C2CC(c3cccs3)=NN2C(=O)COC(=O)c2ccccc2OC)cc1OC. The van der Waals surface area contributed by atoms with Crippen molar-refractivity contribution in [3.8, 4) is 17.2 Å². The molecular weight excluding hydrogens is 456 g/mol. The third kappa shape index (κ3) is 4.74. The lowest BCUT2D eigenvalue weighted by atomic mass is 10.0. The molecule has 0 spiro atoms. The topological polar surface area (TPSA) is 86.7 Å². The number of hydrogen-bond acceptors (Lipinski definition) is 8. The highest BCUT2D eigenvalue weighted by Gasteiger charge is 2.34. The van der Waals surface area contributed by atoms with Gasteiger partial charge in [0.05, 0.1) is 38.0 Å². The largest absolute Gasteiger partial charge is 0.496 e. The summed E-state index contributed by atoms with van der Waals surface area (Å²) in [5, 5.41) is 7.94. The highest BCUT2D eigenvalue weighted by molar-refractivity contribution is 7.12. The summed E-state index contributed by atoms with van der Waals surface area (Å²) in [6.07, 6.45) is 0.516. The van der Waals surface area contributed by atoms with Crippen LogP contribution in [0.1, 0.15) is 33.3 Å². The molecule has 0 saturated heterocycles. The van der Waals surface area contributed by atoms with Crippen molar-refractivity contribution in [2.45, 2.75) is 12.5 Å². The van der Waals surface area contributed by atoms with Gasteiger partial charge in [-0.05, 0) is 41.3 Å². The highest BCUT2D eigenvalue weighted by Crippen LogP contribution is 2.38. The van der Waals surface area contributed by atoms with Crippen LogP contribution >= 0.6 is 11.3 Å². The number of hydrogen-bond donors (Lipinski definition) is 0. The first-order valence-corrected chi connectivity index (χ1v) is 11.4. The van der Waals surface area contributed by atoms with Crippen molar-refractivity contribution in [1.29, 1.82) is 0 Å². The summed E-state index contributed by atoms with van der Waals surface area (Å²) in [4.78, 5) is 26.7. The van der Waals surface area contributed by atoms with E-state index in [1.165, 1.54) is 12.1 Å². The van der Waals surface area contributed by atoms with Crippen molar-refractivity contribution in [3.63, 3.8) is 0 Å². The minimum atomic E-state index is -0.643. The molecule has 2 aromatic carbocycles. The maximum absolute atomic E-state index is 13.2. The van der Waals surface area contributed by atoms with E-state index in [0.29, 0.717) is 23.7 Å². The fourth-order valence-corrected chi connectivity index (χ4v) is 4.46. The van der Waals surface area contributed by atoms with Gasteiger partial charge in [0, 0.05) is 6.42 Å². The highest BCUT2D eigenvalue weighted by atomic mass is 32.1. The van der Waals surface area contributed by atoms with Gasteiger partial charge in [0.1, 0.15) is 11.3 Å². The van der Waals surface area contributed by atoms with Gasteiger partial charge < -0.3 is 18.9 Å². The Morgan fingerprint density at radius 3 is 2.44 bits per heavy atom. The summed E-state index contributed by atoms with van der Waals surface area (Å²) < 4.78 is 21.3. The van der Waals surface area contributed by atoms with Gasteiger partial charge in [0.15, 0.2) is 18.1 Å². The molecule has 9 heteroatoms. The van der Waals surface area contributed by atoms with Crippen LogP contribution < -0.4 is 14.2 Å². The van der Waals surface area contributed by atoms with Crippen molar-refractivity contribution >= 4 is 28.9 Å². The zero-order valence-corrected chi connectivity index (χ0v) is 19.8. The quantitative estimate of drug-likeness (QED) is 0.447. The molecule has 1 unspecified atom stereocenters. The molecule has 1 atom stereocenters. The van der Waals surface area contributed by atoms with Crippen molar-refractivity contribution in [2.75, 3.05) is 27.9 Å². The lowest BCUT2D eigenvalue weighted by molar-refractivity contribution is -0.136. The molecule has 0 radical (unpaired) electrons. The van der Waals surface area contributed by atoms with Gasteiger partial charge in [-0.15, -0.1) is 11.3 Å². The van der Waals surface area contributed by atoms with Gasteiger partial charge in [-0.2, -0.15) is 5.10 Å². The number of nitrogens with zero attached hydrogens (tertiary/aromatic N) is 2. The first kappa shape index (κ1) is 23.3. The molecule has 0 bridgehead atoms. The number of carbonyl (C=O) groups is 2. The standard InChI is InChI=1S/C25H24N2O6S/c1-30-20-8-5-4-7-17(20)25(29)33-15-24(28)27-19(14-18(26-27)23-9-6-12-34-23)16-10-11-21(31-2)22(13-16)32-3/h4-13,19H,14-15H2,1-3H3. The average molecular weight is 481 g/mol. The minimum Gasteiger partial charge on any atom is -0.496 e. The molecule has 34 heavy (non-hydrogen) atoms. The molecule has 0 aliphatic carbocycles. The van der Waals surface area contributed by atoms with Gasteiger partial charge in [-0.1, -0.05) is 24.3 Å². The Bertz CT molecular complexity index is 1210. The second-order valence-corrected chi connectivity index (χ2v) is 8.32. The third-order valence-corrected chi connectivity index (χ3v) is 6.34. The van der Waals surface area contributed by atoms with E-state index in [-0.39, 0.29) is 11.6 Å². The summed E-state index contributed by atoms with van der Waals surface area (Å²) in [6.45, 7) is -0.456. The number of benzene rings is 2. The average Bonchev–Trinajstić information content (AvgIpc) is 3.57. The Labute approximate surface area is 201 Å². The van der Waals surface area contributed by atoms with Crippen molar-refractivity contribution < 1.29 is 28.5 Å². The number of hydrazone groups is 1. The maximum atomic E-state index is 13.2.